The average molecular weight is 268 g/mol. The lowest BCUT2D eigenvalue weighted by Gasteiger charge is -2.05. The Morgan fingerprint density at radius 3 is 2.55 bits per heavy atom. The Balaban J connectivity index is 2.12. The number of aliphatic hydroxyl groups excluding tert-OH is 1. The van der Waals surface area contributed by atoms with E-state index >= 15 is 0 Å². The first-order chi connectivity index (χ1) is 9.54. The minimum atomic E-state index is -0.413. The van der Waals surface area contributed by atoms with Gasteiger partial charge >= 0.3 is 0 Å². The lowest BCUT2D eigenvalue weighted by molar-refractivity contribution is -0.111. The third-order valence-corrected chi connectivity index (χ3v) is 2.69. The van der Waals surface area contributed by atoms with Gasteiger partial charge in [0.25, 0.3) is 5.91 Å². The molecule has 0 aliphatic heterocycles. The molecule has 2 aromatic rings. The van der Waals surface area contributed by atoms with Crippen LogP contribution in [0.5, 0.6) is 0 Å². The Bertz CT molecular complexity index is 629. The molecule has 0 aliphatic rings. The molecule has 4 heteroatoms. The second-order valence-corrected chi connectivity index (χ2v) is 4.56. The molecule has 0 atom stereocenters. The quantitative estimate of drug-likeness (QED) is 0.663. The Morgan fingerprint density at radius 1 is 1.20 bits per heavy atom. The summed E-state index contributed by atoms with van der Waals surface area (Å²) in [5.74, 6) is -0.0130. The Morgan fingerprint density at radius 2 is 1.90 bits per heavy atom. The predicted octanol–water partition coefficient (Wildman–Crippen LogP) is 3.24. The molecule has 0 spiro atoms. The van der Waals surface area contributed by atoms with Crippen LogP contribution in [0, 0.1) is 13.8 Å². The summed E-state index contributed by atoms with van der Waals surface area (Å²) in [5, 5.41) is 12.5. The van der Waals surface area contributed by atoms with E-state index in [9.17, 15) is 9.90 Å². The highest BCUT2D eigenvalue weighted by molar-refractivity contribution is 6.02. The van der Waals surface area contributed by atoms with Gasteiger partial charge in [-0.1, -0.05) is 30.3 Å². The van der Waals surface area contributed by atoms with Crippen molar-refractivity contribution in [2.24, 2.45) is 0 Å². The van der Waals surface area contributed by atoms with Crippen LogP contribution in [-0.4, -0.2) is 16.0 Å². The molecule has 0 radical (unpaired) electrons. The lowest BCUT2D eigenvalue weighted by Crippen LogP contribution is -2.10. The standard InChI is InChI=1S/C16H16N2O2/c1-11-8-12(2)17-15(9-11)18-16(20)10-14(19)13-6-4-3-5-7-13/h3-10,19H,1-2H3,(H,17,18,20)/b14-10-. The van der Waals surface area contributed by atoms with Crippen molar-refractivity contribution in [1.82, 2.24) is 4.98 Å². The van der Waals surface area contributed by atoms with Gasteiger partial charge in [0.1, 0.15) is 11.6 Å². The van der Waals surface area contributed by atoms with Gasteiger partial charge in [-0.2, -0.15) is 0 Å². The lowest BCUT2D eigenvalue weighted by atomic mass is 10.2. The van der Waals surface area contributed by atoms with Crippen molar-refractivity contribution in [3.8, 4) is 0 Å². The largest absolute Gasteiger partial charge is 0.507 e. The zero-order valence-corrected chi connectivity index (χ0v) is 11.4. The maximum Gasteiger partial charge on any atom is 0.253 e. The molecule has 102 valence electrons. The number of pyridine rings is 1. The molecular formula is C16H16N2O2. The zero-order chi connectivity index (χ0) is 14.5. The number of benzene rings is 1. The fourth-order valence-electron chi connectivity index (χ4n) is 1.88. The number of carbonyl (C=O) groups excluding carboxylic acids is 1. The summed E-state index contributed by atoms with van der Waals surface area (Å²) >= 11 is 0. The molecule has 0 bridgehead atoms. The van der Waals surface area contributed by atoms with E-state index in [-0.39, 0.29) is 5.76 Å². The Labute approximate surface area is 117 Å². The summed E-state index contributed by atoms with van der Waals surface area (Å²) in [6, 6.07) is 12.6. The molecule has 0 aliphatic carbocycles. The second kappa shape index (κ2) is 6.02. The molecule has 1 aromatic heterocycles. The van der Waals surface area contributed by atoms with E-state index in [1.165, 1.54) is 0 Å². The van der Waals surface area contributed by atoms with Gasteiger partial charge in [0, 0.05) is 17.3 Å². The van der Waals surface area contributed by atoms with Crippen molar-refractivity contribution in [3.63, 3.8) is 0 Å². The highest BCUT2D eigenvalue weighted by Crippen LogP contribution is 2.12. The summed E-state index contributed by atoms with van der Waals surface area (Å²) in [6.45, 7) is 3.79. The van der Waals surface area contributed by atoms with Crippen LogP contribution in [0.1, 0.15) is 16.8 Å². The normalized spacial score (nSPS) is 11.2. The SMILES string of the molecule is Cc1cc(C)nc(NC(=O)/C=C(\O)c2ccccc2)c1. The van der Waals surface area contributed by atoms with Crippen molar-refractivity contribution in [2.75, 3.05) is 5.32 Å². The molecule has 0 fully saturated rings. The predicted molar refractivity (Wildman–Crippen MR) is 79.4 cm³/mol. The van der Waals surface area contributed by atoms with Crippen LogP contribution in [0.4, 0.5) is 5.82 Å². The molecule has 2 N–H and O–H groups in total. The number of aliphatic hydroxyl groups is 1. The number of hydrogen-bond donors (Lipinski definition) is 2. The molecule has 1 amide bonds. The van der Waals surface area contributed by atoms with E-state index < -0.39 is 5.91 Å². The van der Waals surface area contributed by atoms with Crippen LogP contribution in [0.2, 0.25) is 0 Å². The molecule has 2 rings (SSSR count). The van der Waals surface area contributed by atoms with E-state index in [1.54, 1.807) is 30.3 Å². The molecular weight excluding hydrogens is 252 g/mol. The van der Waals surface area contributed by atoms with Crippen LogP contribution in [0.15, 0.2) is 48.5 Å². The number of amides is 1. The molecule has 20 heavy (non-hydrogen) atoms. The molecule has 0 saturated carbocycles. The van der Waals surface area contributed by atoms with Crippen molar-refractivity contribution >= 4 is 17.5 Å². The number of carbonyl (C=O) groups is 1. The number of nitrogens with one attached hydrogen (secondary N) is 1. The molecule has 1 aromatic carbocycles. The van der Waals surface area contributed by atoms with E-state index in [2.05, 4.69) is 10.3 Å². The van der Waals surface area contributed by atoms with Crippen LogP contribution in [0.3, 0.4) is 0 Å². The van der Waals surface area contributed by atoms with Gasteiger partial charge in [-0.15, -0.1) is 0 Å². The van der Waals surface area contributed by atoms with Gasteiger partial charge in [-0.25, -0.2) is 4.98 Å². The number of anilines is 1. The fraction of sp³-hybridized carbons (Fsp3) is 0.125. The summed E-state index contributed by atoms with van der Waals surface area (Å²) in [4.78, 5) is 16.0. The Kier molecular flexibility index (Phi) is 4.15. The number of nitrogens with zero attached hydrogens (tertiary/aromatic N) is 1. The topological polar surface area (TPSA) is 62.2 Å². The number of aromatic nitrogens is 1. The average Bonchev–Trinajstić information content (AvgIpc) is 2.38. The number of hydrogen-bond acceptors (Lipinski definition) is 3. The van der Waals surface area contributed by atoms with Crippen molar-refractivity contribution in [2.45, 2.75) is 13.8 Å². The van der Waals surface area contributed by atoms with E-state index in [1.807, 2.05) is 26.0 Å². The maximum absolute atomic E-state index is 11.8. The van der Waals surface area contributed by atoms with Crippen molar-refractivity contribution in [3.05, 3.63) is 65.4 Å². The molecule has 1 heterocycles. The summed E-state index contributed by atoms with van der Waals surface area (Å²) in [7, 11) is 0. The van der Waals surface area contributed by atoms with Crippen molar-refractivity contribution in [1.29, 1.82) is 0 Å². The smallest absolute Gasteiger partial charge is 0.253 e. The van der Waals surface area contributed by atoms with E-state index in [0.717, 1.165) is 17.3 Å². The van der Waals surface area contributed by atoms with Gasteiger partial charge in [0.15, 0.2) is 0 Å². The van der Waals surface area contributed by atoms with Crippen LogP contribution >= 0.6 is 0 Å². The van der Waals surface area contributed by atoms with Gasteiger partial charge in [-0.3, -0.25) is 4.79 Å². The van der Waals surface area contributed by atoms with Crippen LogP contribution in [-0.2, 0) is 4.79 Å². The van der Waals surface area contributed by atoms with Gasteiger partial charge in [0.2, 0.25) is 0 Å². The fourth-order valence-corrected chi connectivity index (χ4v) is 1.88. The number of rotatable bonds is 3. The second-order valence-electron chi connectivity index (χ2n) is 4.56. The highest BCUT2D eigenvalue weighted by atomic mass is 16.3. The van der Waals surface area contributed by atoms with Gasteiger partial charge in [-0.05, 0) is 31.5 Å². The molecule has 0 saturated heterocycles. The summed E-state index contributed by atoms with van der Waals surface area (Å²) < 4.78 is 0. The third kappa shape index (κ3) is 3.68. The van der Waals surface area contributed by atoms with Gasteiger partial charge in [0.05, 0.1) is 0 Å². The minimum absolute atomic E-state index is 0.0764. The zero-order valence-electron chi connectivity index (χ0n) is 11.4. The minimum Gasteiger partial charge on any atom is -0.507 e. The molecule has 4 nitrogen and oxygen atoms in total. The van der Waals surface area contributed by atoms with E-state index in [4.69, 9.17) is 0 Å². The summed E-state index contributed by atoms with van der Waals surface area (Å²) in [6.07, 6.45) is 1.15. The first kappa shape index (κ1) is 13.8. The monoisotopic (exact) mass is 268 g/mol. The highest BCUT2D eigenvalue weighted by Gasteiger charge is 2.05. The maximum atomic E-state index is 11.8. The first-order valence-electron chi connectivity index (χ1n) is 6.27. The summed E-state index contributed by atoms with van der Waals surface area (Å²) in [5.41, 5.74) is 2.44. The van der Waals surface area contributed by atoms with Crippen LogP contribution < -0.4 is 5.32 Å². The Hall–Kier alpha value is -2.62. The van der Waals surface area contributed by atoms with E-state index in [0.29, 0.717) is 11.4 Å². The molecule has 0 unspecified atom stereocenters. The van der Waals surface area contributed by atoms with Gasteiger partial charge < -0.3 is 10.4 Å². The van der Waals surface area contributed by atoms with Crippen LogP contribution in [0.25, 0.3) is 5.76 Å². The third-order valence-electron chi connectivity index (χ3n) is 2.69. The number of aryl methyl sites for hydroxylation is 2. The van der Waals surface area contributed by atoms with Crippen molar-refractivity contribution < 1.29 is 9.90 Å². The first-order valence-corrected chi connectivity index (χ1v) is 6.27.